The molecular formula is C13H9ClF3NO. The molecule has 0 fully saturated rings. The molecule has 0 radical (unpaired) electrons. The third kappa shape index (κ3) is 3.54. The maximum absolute atomic E-state index is 12.1. The highest BCUT2D eigenvalue weighted by Gasteiger charge is 2.31. The highest BCUT2D eigenvalue weighted by molar-refractivity contribution is 6.30. The minimum Gasteiger partial charge on any atom is -0.404 e. The Hall–Kier alpha value is -1.88. The van der Waals surface area contributed by atoms with Gasteiger partial charge >= 0.3 is 6.36 Å². The van der Waals surface area contributed by atoms with Crippen molar-refractivity contribution in [2.45, 2.75) is 6.36 Å². The van der Waals surface area contributed by atoms with Crippen molar-refractivity contribution in [1.82, 2.24) is 0 Å². The van der Waals surface area contributed by atoms with Crippen LogP contribution in [0.2, 0.25) is 5.02 Å². The minimum absolute atomic E-state index is 0.0789. The summed E-state index contributed by atoms with van der Waals surface area (Å²) in [5.74, 6) is -0.412. The van der Waals surface area contributed by atoms with Crippen molar-refractivity contribution >= 4 is 17.3 Å². The van der Waals surface area contributed by atoms with Gasteiger partial charge in [0, 0.05) is 5.02 Å². The van der Waals surface area contributed by atoms with Crippen LogP contribution < -0.4 is 10.5 Å². The van der Waals surface area contributed by atoms with Crippen molar-refractivity contribution in [3.8, 4) is 16.9 Å². The fourth-order valence-corrected chi connectivity index (χ4v) is 1.71. The molecule has 0 saturated carbocycles. The van der Waals surface area contributed by atoms with Gasteiger partial charge in [0.2, 0.25) is 0 Å². The van der Waals surface area contributed by atoms with E-state index in [4.69, 9.17) is 17.3 Å². The van der Waals surface area contributed by atoms with Gasteiger partial charge < -0.3 is 10.5 Å². The summed E-state index contributed by atoms with van der Waals surface area (Å²) in [4.78, 5) is 0. The molecule has 0 unspecified atom stereocenters. The van der Waals surface area contributed by atoms with E-state index in [1.165, 1.54) is 18.2 Å². The first kappa shape index (κ1) is 13.5. The molecule has 2 rings (SSSR count). The summed E-state index contributed by atoms with van der Waals surface area (Å²) in [6.45, 7) is 0. The second-order valence-corrected chi connectivity index (χ2v) is 4.24. The summed E-state index contributed by atoms with van der Waals surface area (Å²) in [6.07, 6.45) is -4.75. The normalized spacial score (nSPS) is 11.4. The van der Waals surface area contributed by atoms with Gasteiger partial charge in [-0.15, -0.1) is 13.2 Å². The Balaban J connectivity index is 2.31. The lowest BCUT2D eigenvalue weighted by molar-refractivity contribution is -0.274. The summed E-state index contributed by atoms with van der Waals surface area (Å²) in [7, 11) is 0. The Kier molecular flexibility index (Phi) is 3.57. The van der Waals surface area contributed by atoms with Crippen LogP contribution in [0.3, 0.4) is 0 Å². The molecule has 2 N–H and O–H groups in total. The zero-order chi connectivity index (χ0) is 14.0. The van der Waals surface area contributed by atoms with Crippen molar-refractivity contribution in [1.29, 1.82) is 0 Å². The maximum Gasteiger partial charge on any atom is 0.573 e. The molecule has 100 valence electrons. The smallest absolute Gasteiger partial charge is 0.404 e. The molecule has 0 spiro atoms. The average Bonchev–Trinajstić information content (AvgIpc) is 2.31. The summed E-state index contributed by atoms with van der Waals surface area (Å²) >= 11 is 5.76. The quantitative estimate of drug-likeness (QED) is 0.826. The number of hydrogen-bond acceptors (Lipinski definition) is 2. The molecule has 19 heavy (non-hydrogen) atoms. The van der Waals surface area contributed by atoms with E-state index in [0.29, 0.717) is 10.6 Å². The number of ether oxygens (including phenoxy) is 1. The lowest BCUT2D eigenvalue weighted by Gasteiger charge is -2.12. The molecule has 0 heterocycles. The summed E-state index contributed by atoms with van der Waals surface area (Å²) < 4.78 is 40.1. The van der Waals surface area contributed by atoms with Crippen LogP contribution in [0, 0.1) is 0 Å². The molecule has 0 saturated heterocycles. The van der Waals surface area contributed by atoms with E-state index in [1.54, 1.807) is 24.3 Å². The summed E-state index contributed by atoms with van der Waals surface area (Å²) in [6, 6.07) is 11.0. The largest absolute Gasteiger partial charge is 0.573 e. The van der Waals surface area contributed by atoms with Crippen LogP contribution >= 0.6 is 11.6 Å². The van der Waals surface area contributed by atoms with Crippen LogP contribution in [0.1, 0.15) is 0 Å². The standard InChI is InChI=1S/C13H9ClF3NO/c14-10-4-1-8(2-5-10)9-3-6-12(11(18)7-9)19-13(15,16)17/h1-7H,18H2. The highest BCUT2D eigenvalue weighted by Crippen LogP contribution is 2.32. The Bertz CT molecular complexity index is 581. The van der Waals surface area contributed by atoms with E-state index in [0.717, 1.165) is 5.56 Å². The Morgan fingerprint density at radius 2 is 1.53 bits per heavy atom. The van der Waals surface area contributed by atoms with E-state index in [9.17, 15) is 13.2 Å². The van der Waals surface area contributed by atoms with E-state index in [-0.39, 0.29) is 5.69 Å². The second-order valence-electron chi connectivity index (χ2n) is 3.81. The number of hydrogen-bond donors (Lipinski definition) is 1. The fraction of sp³-hybridized carbons (Fsp3) is 0.0769. The monoisotopic (exact) mass is 287 g/mol. The van der Waals surface area contributed by atoms with Crippen molar-refractivity contribution in [2.24, 2.45) is 0 Å². The predicted octanol–water partition coefficient (Wildman–Crippen LogP) is 4.49. The zero-order valence-corrected chi connectivity index (χ0v) is 10.3. The van der Waals surface area contributed by atoms with Gasteiger partial charge in [-0.2, -0.15) is 0 Å². The van der Waals surface area contributed by atoms with Gasteiger partial charge in [-0.1, -0.05) is 29.8 Å². The Labute approximate surface area is 112 Å². The molecule has 0 aliphatic carbocycles. The number of benzene rings is 2. The third-order valence-electron chi connectivity index (χ3n) is 2.41. The van der Waals surface area contributed by atoms with Crippen LogP contribution in [0.5, 0.6) is 5.75 Å². The Morgan fingerprint density at radius 3 is 2.05 bits per heavy atom. The molecule has 6 heteroatoms. The maximum atomic E-state index is 12.1. The first-order valence-corrected chi connectivity index (χ1v) is 5.64. The van der Waals surface area contributed by atoms with Crippen LogP contribution in [-0.4, -0.2) is 6.36 Å². The van der Waals surface area contributed by atoms with Crippen molar-refractivity contribution in [2.75, 3.05) is 5.73 Å². The van der Waals surface area contributed by atoms with Gasteiger partial charge in [0.1, 0.15) is 0 Å². The number of nitrogen functional groups attached to an aromatic ring is 1. The van der Waals surface area contributed by atoms with E-state index in [2.05, 4.69) is 4.74 Å². The minimum atomic E-state index is -4.75. The fourth-order valence-electron chi connectivity index (χ4n) is 1.59. The molecule has 0 amide bonds. The summed E-state index contributed by atoms with van der Waals surface area (Å²) in [5.41, 5.74) is 6.95. The molecule has 2 aromatic carbocycles. The second kappa shape index (κ2) is 5.01. The van der Waals surface area contributed by atoms with Gasteiger partial charge in [0.05, 0.1) is 5.69 Å². The number of alkyl halides is 3. The third-order valence-corrected chi connectivity index (χ3v) is 2.67. The van der Waals surface area contributed by atoms with Crippen LogP contribution in [0.4, 0.5) is 18.9 Å². The molecule has 0 aliphatic heterocycles. The molecule has 0 aliphatic rings. The van der Waals surface area contributed by atoms with E-state index < -0.39 is 12.1 Å². The number of halogens is 4. The van der Waals surface area contributed by atoms with E-state index >= 15 is 0 Å². The lowest BCUT2D eigenvalue weighted by atomic mass is 10.1. The molecule has 0 aromatic heterocycles. The predicted molar refractivity (Wildman–Crippen MR) is 68.0 cm³/mol. The first-order valence-electron chi connectivity index (χ1n) is 5.26. The molecular weight excluding hydrogens is 279 g/mol. The van der Waals surface area contributed by atoms with Gasteiger partial charge in [-0.25, -0.2) is 0 Å². The Morgan fingerprint density at radius 1 is 0.947 bits per heavy atom. The molecule has 2 aromatic rings. The van der Waals surface area contributed by atoms with Crippen molar-refractivity contribution < 1.29 is 17.9 Å². The van der Waals surface area contributed by atoms with E-state index in [1.807, 2.05) is 0 Å². The molecule has 2 nitrogen and oxygen atoms in total. The van der Waals surface area contributed by atoms with Gasteiger partial charge in [-0.3, -0.25) is 0 Å². The number of anilines is 1. The van der Waals surface area contributed by atoms with Gasteiger partial charge in [0.15, 0.2) is 5.75 Å². The molecule has 0 bridgehead atoms. The van der Waals surface area contributed by atoms with Crippen molar-refractivity contribution in [3.05, 3.63) is 47.5 Å². The molecule has 0 atom stereocenters. The average molecular weight is 288 g/mol. The van der Waals surface area contributed by atoms with Crippen molar-refractivity contribution in [3.63, 3.8) is 0 Å². The SMILES string of the molecule is Nc1cc(-c2ccc(Cl)cc2)ccc1OC(F)(F)F. The topological polar surface area (TPSA) is 35.2 Å². The number of nitrogens with two attached hydrogens (primary N) is 1. The number of rotatable bonds is 2. The highest BCUT2D eigenvalue weighted by atomic mass is 35.5. The van der Waals surface area contributed by atoms with Crippen LogP contribution in [0.15, 0.2) is 42.5 Å². The van der Waals surface area contributed by atoms with Crippen LogP contribution in [-0.2, 0) is 0 Å². The lowest BCUT2D eigenvalue weighted by Crippen LogP contribution is -2.17. The van der Waals surface area contributed by atoms with Gasteiger partial charge in [0.25, 0.3) is 0 Å². The first-order chi connectivity index (χ1) is 8.85. The van der Waals surface area contributed by atoms with Gasteiger partial charge in [-0.05, 0) is 35.4 Å². The van der Waals surface area contributed by atoms with Crippen LogP contribution in [0.25, 0.3) is 11.1 Å². The zero-order valence-electron chi connectivity index (χ0n) is 9.54. The summed E-state index contributed by atoms with van der Waals surface area (Å²) in [5, 5.41) is 0.578.